The highest BCUT2D eigenvalue weighted by atomic mass is 35.5. The van der Waals surface area contributed by atoms with Crippen LogP contribution in [0.25, 0.3) is 11.0 Å². The number of benzene rings is 2. The van der Waals surface area contributed by atoms with E-state index >= 15 is 0 Å². The second kappa shape index (κ2) is 6.33. The van der Waals surface area contributed by atoms with Crippen molar-refractivity contribution < 1.29 is 9.21 Å². The van der Waals surface area contributed by atoms with Crippen LogP contribution in [0, 0.1) is 0 Å². The first-order chi connectivity index (χ1) is 11.7. The standard InChI is InChI=1S/C20H18ClNO2/c21-16-6-7-19-17(12-16)18(13-24-19)14-8-10-22(11-9-14)20(23)15-4-2-1-3-5-15/h1-7,12-14H,8-11H2. The largest absolute Gasteiger partial charge is 0.464 e. The van der Waals surface area contributed by atoms with E-state index in [-0.39, 0.29) is 5.91 Å². The second-order valence-electron chi connectivity index (χ2n) is 6.26. The maximum absolute atomic E-state index is 12.5. The Kier molecular flexibility index (Phi) is 4.03. The van der Waals surface area contributed by atoms with Gasteiger partial charge in [0, 0.05) is 34.6 Å². The van der Waals surface area contributed by atoms with E-state index in [0.29, 0.717) is 5.92 Å². The lowest BCUT2D eigenvalue weighted by molar-refractivity contribution is 0.0713. The number of hydrogen-bond donors (Lipinski definition) is 0. The molecule has 0 N–H and O–H groups in total. The van der Waals surface area contributed by atoms with E-state index in [1.54, 1.807) is 0 Å². The summed E-state index contributed by atoms with van der Waals surface area (Å²) in [4.78, 5) is 14.5. The van der Waals surface area contributed by atoms with Crippen LogP contribution >= 0.6 is 11.6 Å². The van der Waals surface area contributed by atoms with E-state index in [1.807, 2.05) is 59.7 Å². The molecule has 0 bridgehead atoms. The highest BCUT2D eigenvalue weighted by Gasteiger charge is 2.26. The molecule has 1 fully saturated rings. The fourth-order valence-electron chi connectivity index (χ4n) is 3.49. The van der Waals surface area contributed by atoms with Gasteiger partial charge in [-0.15, -0.1) is 0 Å². The fourth-order valence-corrected chi connectivity index (χ4v) is 3.67. The molecule has 3 aromatic rings. The molecule has 0 radical (unpaired) electrons. The summed E-state index contributed by atoms with van der Waals surface area (Å²) >= 11 is 6.12. The third kappa shape index (κ3) is 2.80. The van der Waals surface area contributed by atoms with E-state index in [9.17, 15) is 4.79 Å². The number of nitrogens with zero attached hydrogens (tertiary/aromatic N) is 1. The first-order valence-electron chi connectivity index (χ1n) is 8.23. The van der Waals surface area contributed by atoms with Gasteiger partial charge in [0.15, 0.2) is 0 Å². The van der Waals surface area contributed by atoms with Crippen molar-refractivity contribution in [3.63, 3.8) is 0 Å². The minimum Gasteiger partial charge on any atom is -0.464 e. The third-order valence-electron chi connectivity index (χ3n) is 4.81. The number of amides is 1. The van der Waals surface area contributed by atoms with Gasteiger partial charge in [0.05, 0.1) is 6.26 Å². The van der Waals surface area contributed by atoms with Gasteiger partial charge in [0.1, 0.15) is 5.58 Å². The molecule has 0 unspecified atom stereocenters. The van der Waals surface area contributed by atoms with E-state index in [4.69, 9.17) is 16.0 Å². The van der Waals surface area contributed by atoms with E-state index < -0.39 is 0 Å². The van der Waals surface area contributed by atoms with Crippen molar-refractivity contribution in [2.75, 3.05) is 13.1 Å². The zero-order chi connectivity index (χ0) is 16.5. The molecule has 1 aromatic heterocycles. The molecule has 3 nitrogen and oxygen atoms in total. The Morgan fingerprint density at radius 3 is 2.58 bits per heavy atom. The number of rotatable bonds is 2. The minimum atomic E-state index is 0.120. The van der Waals surface area contributed by atoms with Crippen LogP contribution in [0.15, 0.2) is 59.2 Å². The zero-order valence-electron chi connectivity index (χ0n) is 13.2. The van der Waals surface area contributed by atoms with Gasteiger partial charge in [-0.05, 0) is 49.1 Å². The molecule has 4 heteroatoms. The van der Waals surface area contributed by atoms with Gasteiger partial charge in [-0.2, -0.15) is 0 Å². The lowest BCUT2D eigenvalue weighted by Crippen LogP contribution is -2.37. The Labute approximate surface area is 145 Å². The molecule has 24 heavy (non-hydrogen) atoms. The van der Waals surface area contributed by atoms with Crippen molar-refractivity contribution in [2.24, 2.45) is 0 Å². The van der Waals surface area contributed by atoms with Gasteiger partial charge in [0.25, 0.3) is 5.91 Å². The van der Waals surface area contributed by atoms with Crippen LogP contribution in [0.4, 0.5) is 0 Å². The van der Waals surface area contributed by atoms with Crippen LogP contribution in [0.3, 0.4) is 0 Å². The Balaban J connectivity index is 1.49. The first-order valence-corrected chi connectivity index (χ1v) is 8.61. The monoisotopic (exact) mass is 339 g/mol. The van der Waals surface area contributed by atoms with Gasteiger partial charge >= 0.3 is 0 Å². The maximum Gasteiger partial charge on any atom is 0.253 e. The van der Waals surface area contributed by atoms with Crippen LogP contribution in [0.5, 0.6) is 0 Å². The predicted octanol–water partition coefficient (Wildman–Crippen LogP) is 5.11. The van der Waals surface area contributed by atoms with Crippen molar-refractivity contribution in [3.05, 3.63) is 70.9 Å². The molecule has 2 heterocycles. The van der Waals surface area contributed by atoms with Gasteiger partial charge in [0.2, 0.25) is 0 Å². The lowest BCUT2D eigenvalue weighted by atomic mass is 9.89. The first kappa shape index (κ1) is 15.3. The Morgan fingerprint density at radius 1 is 1.08 bits per heavy atom. The van der Waals surface area contributed by atoms with Crippen molar-refractivity contribution in [3.8, 4) is 0 Å². The number of carbonyl (C=O) groups excluding carboxylic acids is 1. The van der Waals surface area contributed by atoms with Crippen LogP contribution in [0.1, 0.15) is 34.7 Å². The van der Waals surface area contributed by atoms with Crippen molar-refractivity contribution >= 4 is 28.5 Å². The summed E-state index contributed by atoms with van der Waals surface area (Å²) in [5.74, 6) is 0.527. The van der Waals surface area contributed by atoms with Gasteiger partial charge in [-0.3, -0.25) is 4.79 Å². The highest BCUT2D eigenvalue weighted by molar-refractivity contribution is 6.31. The Bertz CT molecular complexity index is 864. The number of fused-ring (bicyclic) bond motifs is 1. The molecule has 4 rings (SSSR count). The van der Waals surface area contributed by atoms with Crippen molar-refractivity contribution in [2.45, 2.75) is 18.8 Å². The minimum absolute atomic E-state index is 0.120. The maximum atomic E-state index is 12.5. The van der Waals surface area contributed by atoms with Gasteiger partial charge < -0.3 is 9.32 Å². The van der Waals surface area contributed by atoms with Crippen LogP contribution in [-0.4, -0.2) is 23.9 Å². The summed E-state index contributed by atoms with van der Waals surface area (Å²) in [6, 6.07) is 15.2. The average molecular weight is 340 g/mol. The molecule has 1 aliphatic heterocycles. The van der Waals surface area contributed by atoms with Gasteiger partial charge in [-0.1, -0.05) is 29.8 Å². The number of carbonyl (C=O) groups is 1. The molecule has 1 aliphatic rings. The van der Waals surface area contributed by atoms with E-state index in [2.05, 4.69) is 0 Å². The third-order valence-corrected chi connectivity index (χ3v) is 5.04. The lowest BCUT2D eigenvalue weighted by Gasteiger charge is -2.32. The fraction of sp³-hybridized carbons (Fsp3) is 0.250. The van der Waals surface area contributed by atoms with Crippen molar-refractivity contribution in [1.29, 1.82) is 0 Å². The number of furan rings is 1. The predicted molar refractivity (Wildman–Crippen MR) is 95.5 cm³/mol. The molecule has 0 atom stereocenters. The normalized spacial score (nSPS) is 15.8. The van der Waals surface area contributed by atoms with Crippen LogP contribution < -0.4 is 0 Å². The highest BCUT2D eigenvalue weighted by Crippen LogP contribution is 2.35. The van der Waals surface area contributed by atoms with Crippen molar-refractivity contribution in [1.82, 2.24) is 4.90 Å². The molecule has 1 amide bonds. The summed E-state index contributed by atoms with van der Waals surface area (Å²) in [5.41, 5.74) is 2.84. The quantitative estimate of drug-likeness (QED) is 0.650. The molecular weight excluding hydrogens is 322 g/mol. The van der Waals surface area contributed by atoms with E-state index in [0.717, 1.165) is 47.5 Å². The molecule has 0 aliphatic carbocycles. The molecule has 2 aromatic carbocycles. The Hall–Kier alpha value is -2.26. The Morgan fingerprint density at radius 2 is 1.83 bits per heavy atom. The second-order valence-corrected chi connectivity index (χ2v) is 6.70. The summed E-state index contributed by atoms with van der Waals surface area (Å²) in [7, 11) is 0. The molecular formula is C20H18ClNO2. The number of piperidine rings is 1. The van der Waals surface area contributed by atoms with Gasteiger partial charge in [-0.25, -0.2) is 0 Å². The molecule has 122 valence electrons. The van der Waals surface area contributed by atoms with Crippen LogP contribution in [-0.2, 0) is 0 Å². The summed E-state index contributed by atoms with van der Waals surface area (Å²) in [5, 5.41) is 1.82. The summed E-state index contributed by atoms with van der Waals surface area (Å²) in [6.45, 7) is 1.54. The topological polar surface area (TPSA) is 33.5 Å². The van der Waals surface area contributed by atoms with E-state index in [1.165, 1.54) is 5.56 Å². The zero-order valence-corrected chi connectivity index (χ0v) is 14.0. The number of likely N-dealkylation sites (tertiary alicyclic amines) is 1. The van der Waals surface area contributed by atoms with Crippen LogP contribution in [0.2, 0.25) is 5.02 Å². The number of hydrogen-bond acceptors (Lipinski definition) is 2. The summed E-state index contributed by atoms with van der Waals surface area (Å²) in [6.07, 6.45) is 3.74. The molecule has 0 saturated carbocycles. The summed E-state index contributed by atoms with van der Waals surface area (Å²) < 4.78 is 5.66. The molecule has 1 saturated heterocycles. The smallest absolute Gasteiger partial charge is 0.253 e. The number of halogens is 1. The SMILES string of the molecule is O=C(c1ccccc1)N1CCC(c2coc3ccc(Cl)cc23)CC1. The molecule has 0 spiro atoms. The average Bonchev–Trinajstić information content (AvgIpc) is 3.05.